The van der Waals surface area contributed by atoms with E-state index in [1.165, 1.54) is 21.3 Å². The van der Waals surface area contributed by atoms with E-state index in [1.807, 2.05) is 13.8 Å². The summed E-state index contributed by atoms with van der Waals surface area (Å²) >= 11 is 0. The van der Waals surface area contributed by atoms with E-state index in [0.29, 0.717) is 46.4 Å². The van der Waals surface area contributed by atoms with Gasteiger partial charge in [-0.3, -0.25) is 4.79 Å². The molecule has 1 aliphatic heterocycles. The topological polar surface area (TPSA) is 75.3 Å². The Balaban J connectivity index is 1.86. The molecule has 3 rings (SSSR count). The van der Waals surface area contributed by atoms with Crippen LogP contribution in [0.1, 0.15) is 30.6 Å². The second-order valence-corrected chi connectivity index (χ2v) is 6.19. The van der Waals surface area contributed by atoms with E-state index in [2.05, 4.69) is 5.32 Å². The second-order valence-electron chi connectivity index (χ2n) is 6.19. The first-order valence-electron chi connectivity index (χ1n) is 8.57. The predicted octanol–water partition coefficient (Wildman–Crippen LogP) is 3.86. The highest BCUT2D eigenvalue weighted by Gasteiger charge is 2.35. The summed E-state index contributed by atoms with van der Waals surface area (Å²) in [7, 11) is 4.48. The first-order valence-corrected chi connectivity index (χ1v) is 8.57. The number of amides is 1. The third kappa shape index (κ3) is 3.45. The third-order valence-corrected chi connectivity index (χ3v) is 4.44. The Morgan fingerprint density at radius 2 is 1.70 bits per heavy atom. The van der Waals surface area contributed by atoms with Crippen molar-refractivity contribution < 1.29 is 28.5 Å². The summed E-state index contributed by atoms with van der Waals surface area (Å²) in [6.07, 6.45) is 0.701. The molecule has 0 saturated heterocycles. The molecule has 2 aromatic rings. The zero-order valence-corrected chi connectivity index (χ0v) is 16.0. The first-order chi connectivity index (χ1) is 12.9. The van der Waals surface area contributed by atoms with Crippen molar-refractivity contribution in [2.75, 3.05) is 26.6 Å². The highest BCUT2D eigenvalue weighted by atomic mass is 16.7. The fourth-order valence-corrected chi connectivity index (χ4v) is 2.86. The maximum atomic E-state index is 12.8. The van der Waals surface area contributed by atoms with Gasteiger partial charge in [-0.05, 0) is 24.3 Å². The van der Waals surface area contributed by atoms with E-state index in [1.54, 1.807) is 30.3 Å². The number of carbonyl (C=O) groups is 1. The Morgan fingerprint density at radius 3 is 2.33 bits per heavy atom. The SMILES string of the molecule is CCC1(C)Oc2ccc(NC(=O)c3ccc(OC)c(OC)c3OC)cc2O1. The van der Waals surface area contributed by atoms with E-state index in [4.69, 9.17) is 23.7 Å². The van der Waals surface area contributed by atoms with Crippen molar-refractivity contribution in [2.45, 2.75) is 26.1 Å². The van der Waals surface area contributed by atoms with Crippen molar-refractivity contribution >= 4 is 11.6 Å². The monoisotopic (exact) mass is 373 g/mol. The molecule has 1 unspecified atom stereocenters. The molecule has 7 heteroatoms. The van der Waals surface area contributed by atoms with Crippen molar-refractivity contribution in [1.29, 1.82) is 0 Å². The first kappa shape index (κ1) is 18.7. The molecule has 1 amide bonds. The van der Waals surface area contributed by atoms with Crippen LogP contribution in [0.5, 0.6) is 28.7 Å². The van der Waals surface area contributed by atoms with Gasteiger partial charge in [0.25, 0.3) is 5.91 Å². The van der Waals surface area contributed by atoms with Crippen LogP contribution in [0.25, 0.3) is 0 Å². The molecule has 0 radical (unpaired) electrons. The van der Waals surface area contributed by atoms with Gasteiger partial charge in [0, 0.05) is 25.1 Å². The average molecular weight is 373 g/mol. The number of hydrogen-bond acceptors (Lipinski definition) is 6. The lowest BCUT2D eigenvalue weighted by molar-refractivity contribution is -0.0640. The molecule has 27 heavy (non-hydrogen) atoms. The van der Waals surface area contributed by atoms with Gasteiger partial charge in [0.2, 0.25) is 11.5 Å². The Bertz CT molecular complexity index is 866. The minimum absolute atomic E-state index is 0.300. The standard InChI is InChI=1S/C20H23NO6/c1-6-20(2)26-14-9-7-12(11-16(14)27-20)21-19(22)13-8-10-15(23-3)18(25-5)17(13)24-4/h7-11H,6H2,1-5H3,(H,21,22). The van der Waals surface area contributed by atoms with Crippen LogP contribution < -0.4 is 29.0 Å². The fraction of sp³-hybridized carbons (Fsp3) is 0.350. The largest absolute Gasteiger partial charge is 0.493 e. The molecule has 0 aliphatic carbocycles. The maximum absolute atomic E-state index is 12.8. The zero-order valence-electron chi connectivity index (χ0n) is 16.0. The lowest BCUT2D eigenvalue weighted by atomic mass is 10.1. The summed E-state index contributed by atoms with van der Waals surface area (Å²) in [5, 5.41) is 2.85. The molecule has 0 spiro atoms. The van der Waals surface area contributed by atoms with Crippen LogP contribution in [0.4, 0.5) is 5.69 Å². The summed E-state index contributed by atoms with van der Waals surface area (Å²) in [5.41, 5.74) is 0.908. The van der Waals surface area contributed by atoms with Crippen molar-refractivity contribution in [2.24, 2.45) is 0 Å². The molecule has 0 aromatic heterocycles. The van der Waals surface area contributed by atoms with Crippen molar-refractivity contribution in [3.8, 4) is 28.7 Å². The Kier molecular flexibility index (Phi) is 5.03. The Hall–Kier alpha value is -3.09. The molecule has 1 atom stereocenters. The molecule has 1 N–H and O–H groups in total. The summed E-state index contributed by atoms with van der Waals surface area (Å²) in [5.74, 6) is 1.36. The fourth-order valence-electron chi connectivity index (χ4n) is 2.86. The highest BCUT2D eigenvalue weighted by molar-refractivity contribution is 6.07. The zero-order chi connectivity index (χ0) is 19.6. The van der Waals surface area contributed by atoms with Gasteiger partial charge < -0.3 is 29.0 Å². The van der Waals surface area contributed by atoms with Crippen LogP contribution in [-0.2, 0) is 0 Å². The molecule has 0 saturated carbocycles. The highest BCUT2D eigenvalue weighted by Crippen LogP contribution is 2.43. The van der Waals surface area contributed by atoms with Gasteiger partial charge in [0.05, 0.1) is 26.9 Å². The van der Waals surface area contributed by atoms with Crippen molar-refractivity contribution in [3.05, 3.63) is 35.9 Å². The molecule has 1 heterocycles. The quantitative estimate of drug-likeness (QED) is 0.829. The average Bonchev–Trinajstić information content (AvgIpc) is 3.02. The van der Waals surface area contributed by atoms with Gasteiger partial charge in [-0.1, -0.05) is 6.92 Å². The number of benzene rings is 2. The predicted molar refractivity (Wildman–Crippen MR) is 100 cm³/mol. The van der Waals surface area contributed by atoms with Gasteiger partial charge >= 0.3 is 0 Å². The lowest BCUT2D eigenvalue weighted by Gasteiger charge is -2.20. The molecular weight excluding hydrogens is 350 g/mol. The van der Waals surface area contributed by atoms with Crippen LogP contribution in [0.2, 0.25) is 0 Å². The van der Waals surface area contributed by atoms with Crippen LogP contribution in [0, 0.1) is 0 Å². The summed E-state index contributed by atoms with van der Waals surface area (Å²) < 4.78 is 27.6. The van der Waals surface area contributed by atoms with Gasteiger partial charge in [-0.2, -0.15) is 0 Å². The van der Waals surface area contributed by atoms with E-state index in [-0.39, 0.29) is 5.91 Å². The minimum atomic E-state index is -0.683. The molecule has 144 valence electrons. The molecule has 0 bridgehead atoms. The van der Waals surface area contributed by atoms with Crippen LogP contribution >= 0.6 is 0 Å². The van der Waals surface area contributed by atoms with Crippen LogP contribution in [-0.4, -0.2) is 33.0 Å². The van der Waals surface area contributed by atoms with Gasteiger partial charge in [0.1, 0.15) is 0 Å². The van der Waals surface area contributed by atoms with Crippen LogP contribution in [0.3, 0.4) is 0 Å². The van der Waals surface area contributed by atoms with E-state index in [0.717, 1.165) is 0 Å². The number of rotatable bonds is 6. The lowest BCUT2D eigenvalue weighted by Crippen LogP contribution is -2.33. The molecule has 1 aliphatic rings. The van der Waals surface area contributed by atoms with Gasteiger partial charge in [-0.15, -0.1) is 0 Å². The summed E-state index contributed by atoms with van der Waals surface area (Å²) in [4.78, 5) is 12.8. The smallest absolute Gasteiger partial charge is 0.259 e. The Morgan fingerprint density at radius 1 is 1.00 bits per heavy atom. The second kappa shape index (κ2) is 7.26. The number of fused-ring (bicyclic) bond motifs is 1. The van der Waals surface area contributed by atoms with E-state index in [9.17, 15) is 4.79 Å². The molecule has 2 aromatic carbocycles. The maximum Gasteiger partial charge on any atom is 0.259 e. The van der Waals surface area contributed by atoms with Crippen molar-refractivity contribution in [1.82, 2.24) is 0 Å². The third-order valence-electron chi connectivity index (χ3n) is 4.44. The number of carbonyl (C=O) groups excluding carboxylic acids is 1. The summed E-state index contributed by atoms with van der Waals surface area (Å²) in [6, 6.07) is 8.55. The minimum Gasteiger partial charge on any atom is -0.493 e. The Labute approximate surface area is 158 Å². The van der Waals surface area contributed by atoms with Gasteiger partial charge in [0.15, 0.2) is 23.0 Å². The van der Waals surface area contributed by atoms with E-state index >= 15 is 0 Å². The molecule has 7 nitrogen and oxygen atoms in total. The van der Waals surface area contributed by atoms with Crippen molar-refractivity contribution in [3.63, 3.8) is 0 Å². The normalized spacial score (nSPS) is 17.4. The molecular formula is C20H23NO6. The number of ether oxygens (including phenoxy) is 5. The number of anilines is 1. The molecule has 0 fully saturated rings. The summed E-state index contributed by atoms with van der Waals surface area (Å²) in [6.45, 7) is 3.86. The van der Waals surface area contributed by atoms with Crippen LogP contribution in [0.15, 0.2) is 30.3 Å². The van der Waals surface area contributed by atoms with E-state index < -0.39 is 5.79 Å². The number of nitrogens with one attached hydrogen (secondary N) is 1. The number of hydrogen-bond donors (Lipinski definition) is 1. The van der Waals surface area contributed by atoms with Gasteiger partial charge in [-0.25, -0.2) is 0 Å². The number of methoxy groups -OCH3 is 3.